The molecule has 3 N–H and O–H groups in total. The monoisotopic (exact) mass is 323 g/mol. The summed E-state index contributed by atoms with van der Waals surface area (Å²) in [5, 5.41) is 1.34. The van der Waals surface area contributed by atoms with Crippen LogP contribution in [-0.4, -0.2) is 28.9 Å². The van der Waals surface area contributed by atoms with Gasteiger partial charge in [0.05, 0.1) is 5.54 Å². The average molecular weight is 323 g/mol. The van der Waals surface area contributed by atoms with Crippen molar-refractivity contribution in [3.63, 3.8) is 0 Å². The summed E-state index contributed by atoms with van der Waals surface area (Å²) in [6.45, 7) is 3.89. The fraction of sp³-hybridized carbons (Fsp3) is 0.550. The van der Waals surface area contributed by atoms with E-state index in [-0.39, 0.29) is 5.54 Å². The van der Waals surface area contributed by atoms with E-state index >= 15 is 0 Å². The van der Waals surface area contributed by atoms with Crippen molar-refractivity contribution in [1.29, 1.82) is 0 Å². The Kier molecular flexibility index (Phi) is 2.94. The molecule has 1 spiro atoms. The second-order valence-electron chi connectivity index (χ2n) is 7.99. The summed E-state index contributed by atoms with van der Waals surface area (Å²) in [6.07, 6.45) is 3.82. The third-order valence-corrected chi connectivity index (χ3v) is 7.00. The number of hydrogen-bond donors (Lipinski definition) is 2. The second-order valence-corrected chi connectivity index (χ2v) is 7.99. The number of nitrogens with two attached hydrogens (primary N) is 1. The standard InChI is InChI=1S/C20H25N3O/c1-12-10-20-16(15(12)11-21)9-18(24)23(20)8-4-6-14-13-5-2-3-7-17(13)22-19(14)20/h2-3,5,7,12,15-16,22H,4,6,8-11,21H2,1H3/t12-,15+,16-,20+/m0/s1. The van der Waals surface area contributed by atoms with Crippen LogP contribution in [0.2, 0.25) is 0 Å². The molecular formula is C20H25N3O. The molecule has 1 saturated heterocycles. The molecule has 2 aliphatic heterocycles. The van der Waals surface area contributed by atoms with Crippen molar-refractivity contribution in [1.82, 2.24) is 9.88 Å². The lowest BCUT2D eigenvalue weighted by Crippen LogP contribution is -2.45. The van der Waals surface area contributed by atoms with Gasteiger partial charge in [0.2, 0.25) is 5.91 Å². The van der Waals surface area contributed by atoms with Gasteiger partial charge in [-0.25, -0.2) is 0 Å². The van der Waals surface area contributed by atoms with E-state index in [1.807, 2.05) is 0 Å². The summed E-state index contributed by atoms with van der Waals surface area (Å²) in [5.74, 6) is 1.69. The summed E-state index contributed by atoms with van der Waals surface area (Å²) in [6, 6.07) is 8.59. The zero-order valence-corrected chi connectivity index (χ0v) is 14.2. The lowest BCUT2D eigenvalue weighted by molar-refractivity contribution is -0.131. The molecule has 3 heterocycles. The number of H-pyrrole nitrogens is 1. The van der Waals surface area contributed by atoms with Crippen molar-refractivity contribution < 1.29 is 4.79 Å². The normalized spacial score (nSPS) is 35.0. The predicted octanol–water partition coefficient (Wildman–Crippen LogP) is 2.77. The van der Waals surface area contributed by atoms with Crippen LogP contribution in [0.25, 0.3) is 10.9 Å². The SMILES string of the molecule is C[C@H]1C[C@@]23c4[nH]c5ccccc5c4CCCN2C(=O)C[C@H]3[C@@H]1CN. The lowest BCUT2D eigenvalue weighted by atomic mass is 9.79. The summed E-state index contributed by atoms with van der Waals surface area (Å²) >= 11 is 0. The van der Waals surface area contributed by atoms with E-state index in [1.165, 1.54) is 22.2 Å². The first-order valence-corrected chi connectivity index (χ1v) is 9.27. The molecule has 4 heteroatoms. The smallest absolute Gasteiger partial charge is 0.223 e. The highest BCUT2D eigenvalue weighted by Crippen LogP contribution is 2.60. The van der Waals surface area contributed by atoms with E-state index < -0.39 is 0 Å². The fourth-order valence-electron chi connectivity index (χ4n) is 6.08. The van der Waals surface area contributed by atoms with E-state index in [1.54, 1.807) is 0 Å². The summed E-state index contributed by atoms with van der Waals surface area (Å²) in [7, 11) is 0. The highest BCUT2D eigenvalue weighted by molar-refractivity contribution is 5.87. The third kappa shape index (κ3) is 1.60. The predicted molar refractivity (Wildman–Crippen MR) is 94.4 cm³/mol. The maximum absolute atomic E-state index is 12.8. The van der Waals surface area contributed by atoms with Gasteiger partial charge in [-0.2, -0.15) is 0 Å². The van der Waals surface area contributed by atoms with Crippen molar-refractivity contribution in [2.24, 2.45) is 23.5 Å². The van der Waals surface area contributed by atoms with Crippen LogP contribution < -0.4 is 5.73 Å². The zero-order valence-electron chi connectivity index (χ0n) is 14.2. The minimum atomic E-state index is -0.147. The van der Waals surface area contributed by atoms with Crippen molar-refractivity contribution in [3.05, 3.63) is 35.5 Å². The highest BCUT2D eigenvalue weighted by atomic mass is 16.2. The maximum Gasteiger partial charge on any atom is 0.223 e. The molecule has 1 aliphatic carbocycles. The first-order chi connectivity index (χ1) is 11.7. The molecule has 0 bridgehead atoms. The molecule has 4 nitrogen and oxygen atoms in total. The summed E-state index contributed by atoms with van der Waals surface area (Å²) < 4.78 is 0. The van der Waals surface area contributed by atoms with Gasteiger partial charge >= 0.3 is 0 Å². The Hall–Kier alpha value is -1.81. The molecule has 2 fully saturated rings. The molecule has 1 amide bonds. The molecule has 2 aromatic rings. The van der Waals surface area contributed by atoms with Gasteiger partial charge in [0.15, 0.2) is 0 Å². The number of amides is 1. The first-order valence-electron chi connectivity index (χ1n) is 9.27. The van der Waals surface area contributed by atoms with Gasteiger partial charge in [-0.05, 0) is 49.3 Å². The van der Waals surface area contributed by atoms with Gasteiger partial charge in [-0.1, -0.05) is 25.1 Å². The molecule has 0 radical (unpaired) electrons. The Labute approximate surface area is 142 Å². The number of rotatable bonds is 1. The van der Waals surface area contributed by atoms with Gasteiger partial charge in [-0.15, -0.1) is 0 Å². The number of aryl methyl sites for hydroxylation is 1. The molecule has 126 valence electrons. The largest absolute Gasteiger partial charge is 0.356 e. The number of nitrogens with one attached hydrogen (secondary N) is 1. The Morgan fingerprint density at radius 2 is 2.21 bits per heavy atom. The van der Waals surface area contributed by atoms with Gasteiger partial charge in [-0.3, -0.25) is 4.79 Å². The minimum Gasteiger partial charge on any atom is -0.356 e. The number of aromatic amines is 1. The Bertz CT molecular complexity index is 825. The molecule has 1 aromatic carbocycles. The number of nitrogens with zero attached hydrogens (tertiary/aromatic N) is 1. The molecule has 1 aromatic heterocycles. The van der Waals surface area contributed by atoms with Crippen molar-refractivity contribution in [2.45, 2.75) is 38.1 Å². The lowest BCUT2D eigenvalue weighted by Gasteiger charge is -2.38. The van der Waals surface area contributed by atoms with Gasteiger partial charge in [0.25, 0.3) is 0 Å². The molecule has 0 unspecified atom stereocenters. The van der Waals surface area contributed by atoms with Crippen molar-refractivity contribution in [2.75, 3.05) is 13.1 Å². The van der Waals surface area contributed by atoms with Crippen LogP contribution in [-0.2, 0) is 16.8 Å². The minimum absolute atomic E-state index is 0.147. The van der Waals surface area contributed by atoms with E-state index in [2.05, 4.69) is 41.1 Å². The van der Waals surface area contributed by atoms with Gasteiger partial charge < -0.3 is 15.6 Å². The van der Waals surface area contributed by atoms with Crippen LogP contribution >= 0.6 is 0 Å². The van der Waals surface area contributed by atoms with Crippen LogP contribution in [0.1, 0.15) is 37.4 Å². The van der Waals surface area contributed by atoms with E-state index in [0.717, 1.165) is 25.8 Å². The van der Waals surface area contributed by atoms with E-state index in [0.29, 0.717) is 36.6 Å². The first kappa shape index (κ1) is 14.5. The van der Waals surface area contributed by atoms with Crippen LogP contribution in [0.3, 0.4) is 0 Å². The van der Waals surface area contributed by atoms with E-state index in [4.69, 9.17) is 5.73 Å². The van der Waals surface area contributed by atoms with E-state index in [9.17, 15) is 4.79 Å². The summed E-state index contributed by atoms with van der Waals surface area (Å²) in [4.78, 5) is 18.8. The van der Waals surface area contributed by atoms with Crippen molar-refractivity contribution >= 4 is 16.8 Å². The maximum atomic E-state index is 12.8. The number of fused-ring (bicyclic) bond motifs is 3. The molecular weight excluding hydrogens is 298 g/mol. The Balaban J connectivity index is 1.79. The fourth-order valence-corrected chi connectivity index (χ4v) is 6.08. The number of aromatic nitrogens is 1. The molecule has 5 rings (SSSR count). The number of carbonyl (C=O) groups is 1. The summed E-state index contributed by atoms with van der Waals surface area (Å²) in [5.41, 5.74) is 9.96. The number of benzene rings is 1. The molecule has 24 heavy (non-hydrogen) atoms. The molecule has 3 aliphatic rings. The number of para-hydroxylation sites is 1. The Morgan fingerprint density at radius 3 is 3.04 bits per heavy atom. The van der Waals surface area contributed by atoms with Crippen LogP contribution in [0, 0.1) is 17.8 Å². The molecule has 4 atom stereocenters. The van der Waals surface area contributed by atoms with Crippen LogP contribution in [0.4, 0.5) is 0 Å². The van der Waals surface area contributed by atoms with Crippen LogP contribution in [0.15, 0.2) is 24.3 Å². The van der Waals surface area contributed by atoms with Crippen LogP contribution in [0.5, 0.6) is 0 Å². The zero-order chi connectivity index (χ0) is 16.5. The molecule has 1 saturated carbocycles. The third-order valence-electron chi connectivity index (χ3n) is 7.00. The van der Waals surface area contributed by atoms with Gasteiger partial charge in [0.1, 0.15) is 0 Å². The quantitative estimate of drug-likeness (QED) is 0.848. The second kappa shape index (κ2) is 4.85. The number of carbonyl (C=O) groups excluding carboxylic acids is 1. The topological polar surface area (TPSA) is 62.1 Å². The number of hydrogen-bond acceptors (Lipinski definition) is 2. The average Bonchev–Trinajstić information content (AvgIpc) is 3.12. The van der Waals surface area contributed by atoms with Crippen molar-refractivity contribution in [3.8, 4) is 0 Å². The Morgan fingerprint density at radius 1 is 1.38 bits per heavy atom. The highest BCUT2D eigenvalue weighted by Gasteiger charge is 2.63. The van der Waals surface area contributed by atoms with Gasteiger partial charge in [0, 0.05) is 35.5 Å².